The van der Waals surface area contributed by atoms with Crippen LogP contribution in [0.15, 0.2) is 23.6 Å². The van der Waals surface area contributed by atoms with E-state index in [4.69, 9.17) is 4.74 Å². The maximum atomic E-state index is 4.85. The van der Waals surface area contributed by atoms with Crippen molar-refractivity contribution >= 4 is 21.4 Å². The van der Waals surface area contributed by atoms with Crippen LogP contribution >= 0.6 is 11.3 Å². The van der Waals surface area contributed by atoms with E-state index in [0.29, 0.717) is 6.61 Å². The maximum absolute atomic E-state index is 4.85. The first kappa shape index (κ1) is 9.69. The van der Waals surface area contributed by atoms with Crippen LogP contribution in [0.3, 0.4) is 0 Å². The van der Waals surface area contributed by atoms with Gasteiger partial charge >= 0.3 is 0 Å². The SMILES string of the molecule is [CH2]OCCc1csc2ccc(C)cc12. The van der Waals surface area contributed by atoms with Crippen molar-refractivity contribution in [2.75, 3.05) is 6.61 Å². The molecule has 0 atom stereocenters. The molecule has 73 valence electrons. The van der Waals surface area contributed by atoms with E-state index < -0.39 is 0 Å². The quantitative estimate of drug-likeness (QED) is 0.744. The lowest BCUT2D eigenvalue weighted by Crippen LogP contribution is -1.91. The van der Waals surface area contributed by atoms with Crippen molar-refractivity contribution in [2.45, 2.75) is 13.3 Å². The van der Waals surface area contributed by atoms with Crippen LogP contribution in [0.4, 0.5) is 0 Å². The molecule has 0 aliphatic carbocycles. The first-order chi connectivity index (χ1) is 6.81. The second-order valence-electron chi connectivity index (χ2n) is 3.42. The largest absolute Gasteiger partial charge is 0.379 e. The zero-order chi connectivity index (χ0) is 9.97. The normalized spacial score (nSPS) is 11.0. The molecule has 0 bridgehead atoms. The monoisotopic (exact) mass is 205 g/mol. The molecule has 0 spiro atoms. The van der Waals surface area contributed by atoms with Gasteiger partial charge in [0.15, 0.2) is 0 Å². The minimum atomic E-state index is 0.694. The third-order valence-corrected chi connectivity index (χ3v) is 3.34. The molecule has 0 saturated carbocycles. The van der Waals surface area contributed by atoms with E-state index in [1.54, 1.807) is 11.3 Å². The average molecular weight is 205 g/mol. The fraction of sp³-hybridized carbons (Fsp3) is 0.250. The standard InChI is InChI=1S/C12H13OS/c1-9-3-4-12-11(7-9)10(8-14-12)5-6-13-2/h3-4,7-8H,2,5-6H2,1H3. The first-order valence-corrected chi connectivity index (χ1v) is 5.53. The molecule has 1 radical (unpaired) electrons. The van der Waals surface area contributed by atoms with Crippen molar-refractivity contribution in [3.05, 3.63) is 41.8 Å². The molecule has 2 rings (SSSR count). The molecule has 0 saturated heterocycles. The van der Waals surface area contributed by atoms with E-state index in [0.717, 1.165) is 6.42 Å². The number of thiophene rings is 1. The smallest absolute Gasteiger partial charge is 0.0700 e. The number of hydrogen-bond donors (Lipinski definition) is 0. The van der Waals surface area contributed by atoms with E-state index in [1.807, 2.05) is 0 Å². The fourth-order valence-electron chi connectivity index (χ4n) is 1.57. The predicted octanol–water partition coefficient (Wildman–Crippen LogP) is 3.56. The zero-order valence-electron chi connectivity index (χ0n) is 8.25. The summed E-state index contributed by atoms with van der Waals surface area (Å²) in [6.07, 6.45) is 0.951. The van der Waals surface area contributed by atoms with Gasteiger partial charge in [0.2, 0.25) is 0 Å². The molecule has 0 N–H and O–H groups in total. The number of hydrogen-bond acceptors (Lipinski definition) is 2. The van der Waals surface area contributed by atoms with Crippen molar-refractivity contribution in [2.24, 2.45) is 0 Å². The van der Waals surface area contributed by atoms with Gasteiger partial charge in [-0.3, -0.25) is 0 Å². The van der Waals surface area contributed by atoms with Crippen molar-refractivity contribution in [1.82, 2.24) is 0 Å². The highest BCUT2D eigenvalue weighted by molar-refractivity contribution is 7.17. The van der Waals surface area contributed by atoms with Crippen LogP contribution < -0.4 is 0 Å². The lowest BCUT2D eigenvalue weighted by atomic mass is 10.1. The molecule has 0 aliphatic heterocycles. The van der Waals surface area contributed by atoms with Crippen molar-refractivity contribution in [1.29, 1.82) is 0 Å². The number of aryl methyl sites for hydroxylation is 1. The van der Waals surface area contributed by atoms with Gasteiger partial charge in [-0.15, -0.1) is 11.3 Å². The molecule has 14 heavy (non-hydrogen) atoms. The number of rotatable bonds is 3. The molecular weight excluding hydrogens is 192 g/mol. The van der Waals surface area contributed by atoms with Crippen LogP contribution in [0, 0.1) is 14.0 Å². The summed E-state index contributed by atoms with van der Waals surface area (Å²) in [5.74, 6) is 0. The van der Waals surface area contributed by atoms with Gasteiger partial charge in [0.25, 0.3) is 0 Å². The Bertz CT molecular complexity index is 431. The Morgan fingerprint density at radius 3 is 3.07 bits per heavy atom. The molecule has 2 aromatic rings. The summed E-state index contributed by atoms with van der Waals surface area (Å²) in [5.41, 5.74) is 2.69. The maximum Gasteiger partial charge on any atom is 0.0700 e. The fourth-order valence-corrected chi connectivity index (χ4v) is 2.55. The molecular formula is C12H13OS. The Morgan fingerprint density at radius 1 is 1.43 bits per heavy atom. The van der Waals surface area contributed by atoms with Gasteiger partial charge in [-0.2, -0.15) is 0 Å². The van der Waals surface area contributed by atoms with Gasteiger partial charge in [0, 0.05) is 4.70 Å². The molecule has 1 heterocycles. The van der Waals surface area contributed by atoms with E-state index >= 15 is 0 Å². The summed E-state index contributed by atoms with van der Waals surface area (Å²) in [4.78, 5) is 0. The Kier molecular flexibility index (Phi) is 2.85. The second-order valence-corrected chi connectivity index (χ2v) is 4.33. The molecule has 2 heteroatoms. The second kappa shape index (κ2) is 4.11. The van der Waals surface area contributed by atoms with E-state index in [2.05, 4.69) is 37.6 Å². The minimum Gasteiger partial charge on any atom is -0.379 e. The Morgan fingerprint density at radius 2 is 2.29 bits per heavy atom. The summed E-state index contributed by atoms with van der Waals surface area (Å²) in [7, 11) is 3.39. The van der Waals surface area contributed by atoms with Crippen LogP contribution in [-0.2, 0) is 11.2 Å². The van der Waals surface area contributed by atoms with Gasteiger partial charge in [-0.25, -0.2) is 0 Å². The lowest BCUT2D eigenvalue weighted by molar-refractivity contribution is 0.246. The van der Waals surface area contributed by atoms with Gasteiger partial charge in [-0.1, -0.05) is 17.7 Å². The van der Waals surface area contributed by atoms with Crippen LogP contribution in [0.1, 0.15) is 11.1 Å². The van der Waals surface area contributed by atoms with Gasteiger partial charge in [0.05, 0.1) is 13.7 Å². The number of fused-ring (bicyclic) bond motifs is 1. The molecule has 0 amide bonds. The third-order valence-electron chi connectivity index (χ3n) is 2.32. The molecule has 0 aliphatic rings. The summed E-state index contributed by atoms with van der Waals surface area (Å²) >= 11 is 1.80. The first-order valence-electron chi connectivity index (χ1n) is 4.65. The highest BCUT2D eigenvalue weighted by atomic mass is 32.1. The lowest BCUT2D eigenvalue weighted by Gasteiger charge is -1.99. The van der Waals surface area contributed by atoms with E-state index in [-0.39, 0.29) is 0 Å². The van der Waals surface area contributed by atoms with Crippen LogP contribution in [-0.4, -0.2) is 6.61 Å². The van der Waals surface area contributed by atoms with Crippen LogP contribution in [0.25, 0.3) is 10.1 Å². The highest BCUT2D eigenvalue weighted by Crippen LogP contribution is 2.27. The molecule has 0 unspecified atom stereocenters. The van der Waals surface area contributed by atoms with Crippen molar-refractivity contribution in [3.63, 3.8) is 0 Å². The Hall–Kier alpha value is -0.860. The van der Waals surface area contributed by atoms with Crippen LogP contribution in [0.5, 0.6) is 0 Å². The summed E-state index contributed by atoms with van der Waals surface area (Å²) in [6, 6.07) is 6.58. The van der Waals surface area contributed by atoms with Gasteiger partial charge in [-0.05, 0) is 35.7 Å². The average Bonchev–Trinajstić information content (AvgIpc) is 2.57. The topological polar surface area (TPSA) is 9.23 Å². The predicted molar refractivity (Wildman–Crippen MR) is 61.6 cm³/mol. The summed E-state index contributed by atoms with van der Waals surface area (Å²) < 4.78 is 6.21. The Balaban J connectivity index is 2.40. The van der Waals surface area contributed by atoms with E-state index in [1.165, 1.54) is 21.2 Å². The number of ether oxygens (including phenoxy) is 1. The third kappa shape index (κ3) is 1.81. The summed E-state index contributed by atoms with van der Waals surface area (Å²) in [6.45, 7) is 2.82. The van der Waals surface area contributed by atoms with Crippen molar-refractivity contribution in [3.8, 4) is 0 Å². The minimum absolute atomic E-state index is 0.694. The molecule has 0 fully saturated rings. The van der Waals surface area contributed by atoms with Crippen molar-refractivity contribution < 1.29 is 4.74 Å². The molecule has 1 aromatic heterocycles. The van der Waals surface area contributed by atoms with Gasteiger partial charge < -0.3 is 4.74 Å². The highest BCUT2D eigenvalue weighted by Gasteiger charge is 2.03. The zero-order valence-corrected chi connectivity index (χ0v) is 9.06. The van der Waals surface area contributed by atoms with Crippen LogP contribution in [0.2, 0.25) is 0 Å². The number of benzene rings is 1. The van der Waals surface area contributed by atoms with Gasteiger partial charge in [0.1, 0.15) is 0 Å². The molecule has 1 aromatic carbocycles. The molecule has 1 nitrogen and oxygen atoms in total. The Labute approximate surface area is 88.3 Å². The summed E-state index contributed by atoms with van der Waals surface area (Å²) in [5, 5.41) is 3.58. The van der Waals surface area contributed by atoms with E-state index in [9.17, 15) is 0 Å².